The number of ketones is 1. The van der Waals surface area contributed by atoms with Gasteiger partial charge >= 0.3 is 5.97 Å². The van der Waals surface area contributed by atoms with E-state index in [9.17, 15) is 14.0 Å². The molecule has 1 unspecified atom stereocenters. The van der Waals surface area contributed by atoms with Crippen LogP contribution in [0.1, 0.15) is 41.4 Å². The molecule has 2 heterocycles. The SMILES string of the molecule is C=CCc1c(F)ccc2c3c([nH]c12)C(CC)(CC(=O)OC)OCC3=O. The maximum atomic E-state index is 14.2. The number of Topliss-reactive ketones (excluding diaryl/α,β-unsaturated/α-hetero) is 1. The third-order valence-corrected chi connectivity index (χ3v) is 4.82. The molecule has 0 spiro atoms. The second-order valence-electron chi connectivity index (χ2n) is 6.13. The van der Waals surface area contributed by atoms with Crippen LogP contribution in [0.5, 0.6) is 0 Å². The molecule has 1 aliphatic heterocycles. The molecule has 25 heavy (non-hydrogen) atoms. The van der Waals surface area contributed by atoms with E-state index in [4.69, 9.17) is 9.47 Å². The lowest BCUT2D eigenvalue weighted by atomic mass is 9.85. The number of ether oxygens (including phenoxy) is 2. The highest BCUT2D eigenvalue weighted by Crippen LogP contribution is 2.42. The molecule has 1 aliphatic rings. The summed E-state index contributed by atoms with van der Waals surface area (Å²) in [6, 6.07) is 2.94. The van der Waals surface area contributed by atoms with Gasteiger partial charge in [-0.3, -0.25) is 9.59 Å². The Balaban J connectivity index is 2.29. The molecule has 2 aromatic rings. The average molecular weight is 345 g/mol. The lowest BCUT2D eigenvalue weighted by molar-refractivity contribution is -0.150. The number of hydrogen-bond donors (Lipinski definition) is 1. The molecule has 1 aromatic carbocycles. The van der Waals surface area contributed by atoms with Crippen molar-refractivity contribution in [2.75, 3.05) is 13.7 Å². The number of esters is 1. The zero-order valence-corrected chi connectivity index (χ0v) is 14.3. The van der Waals surface area contributed by atoms with Gasteiger partial charge in [0.1, 0.15) is 18.0 Å². The van der Waals surface area contributed by atoms with E-state index in [1.54, 1.807) is 12.1 Å². The fourth-order valence-electron chi connectivity index (χ4n) is 3.47. The third kappa shape index (κ3) is 2.66. The van der Waals surface area contributed by atoms with E-state index in [1.807, 2.05) is 6.92 Å². The number of methoxy groups -OCH3 is 1. The molecule has 0 saturated carbocycles. The van der Waals surface area contributed by atoms with Crippen LogP contribution in [0.25, 0.3) is 10.9 Å². The van der Waals surface area contributed by atoms with Crippen LogP contribution in [-0.2, 0) is 26.3 Å². The van der Waals surface area contributed by atoms with Gasteiger partial charge in [-0.1, -0.05) is 13.0 Å². The molecule has 1 atom stereocenters. The molecule has 0 aliphatic carbocycles. The number of aromatic amines is 1. The molecule has 132 valence electrons. The lowest BCUT2D eigenvalue weighted by Gasteiger charge is -2.35. The van der Waals surface area contributed by atoms with Crippen molar-refractivity contribution in [2.24, 2.45) is 0 Å². The summed E-state index contributed by atoms with van der Waals surface area (Å²) >= 11 is 0. The van der Waals surface area contributed by atoms with E-state index in [0.717, 1.165) is 0 Å². The summed E-state index contributed by atoms with van der Waals surface area (Å²) in [4.78, 5) is 27.6. The first kappa shape index (κ1) is 17.4. The summed E-state index contributed by atoms with van der Waals surface area (Å²) in [5.74, 6) is -0.987. The van der Waals surface area contributed by atoms with Crippen molar-refractivity contribution in [3.05, 3.63) is 47.4 Å². The lowest BCUT2D eigenvalue weighted by Crippen LogP contribution is -2.40. The molecular weight excluding hydrogens is 325 g/mol. The number of benzene rings is 1. The third-order valence-electron chi connectivity index (χ3n) is 4.82. The molecule has 5 nitrogen and oxygen atoms in total. The molecule has 0 amide bonds. The Hall–Kier alpha value is -2.47. The largest absolute Gasteiger partial charge is 0.469 e. The second-order valence-corrected chi connectivity index (χ2v) is 6.13. The van der Waals surface area contributed by atoms with Gasteiger partial charge in [-0.2, -0.15) is 0 Å². The molecule has 1 N–H and O–H groups in total. The predicted molar refractivity (Wildman–Crippen MR) is 91.0 cm³/mol. The highest BCUT2D eigenvalue weighted by molar-refractivity contribution is 6.11. The fraction of sp³-hybridized carbons (Fsp3) is 0.368. The summed E-state index contributed by atoms with van der Waals surface area (Å²) in [6.07, 6.45) is 2.38. The summed E-state index contributed by atoms with van der Waals surface area (Å²) in [5, 5.41) is 0.643. The van der Waals surface area contributed by atoms with Crippen LogP contribution in [-0.4, -0.2) is 30.5 Å². The van der Waals surface area contributed by atoms with Crippen molar-refractivity contribution in [2.45, 2.75) is 31.8 Å². The number of carbonyl (C=O) groups excluding carboxylic acids is 2. The van der Waals surface area contributed by atoms with E-state index in [1.165, 1.54) is 13.2 Å². The summed E-state index contributed by atoms with van der Waals surface area (Å²) in [5.41, 5.74) is 0.987. The number of hydrogen-bond acceptors (Lipinski definition) is 4. The van der Waals surface area contributed by atoms with Crippen molar-refractivity contribution in [3.8, 4) is 0 Å². The highest BCUT2D eigenvalue weighted by atomic mass is 19.1. The van der Waals surface area contributed by atoms with Crippen molar-refractivity contribution in [1.82, 2.24) is 4.98 Å². The van der Waals surface area contributed by atoms with Gasteiger partial charge < -0.3 is 14.5 Å². The van der Waals surface area contributed by atoms with Gasteiger partial charge in [0.2, 0.25) is 0 Å². The number of fused-ring (bicyclic) bond motifs is 3. The normalized spacial score (nSPS) is 19.7. The Morgan fingerprint density at radius 1 is 1.52 bits per heavy atom. The average Bonchev–Trinajstić information content (AvgIpc) is 3.01. The van der Waals surface area contributed by atoms with Gasteiger partial charge in [0, 0.05) is 10.9 Å². The van der Waals surface area contributed by atoms with E-state index >= 15 is 0 Å². The Morgan fingerprint density at radius 2 is 2.28 bits per heavy atom. The molecular formula is C19H20FNO4. The van der Waals surface area contributed by atoms with Gasteiger partial charge in [0.05, 0.1) is 30.3 Å². The number of carbonyl (C=O) groups is 2. The van der Waals surface area contributed by atoms with Gasteiger partial charge in [-0.25, -0.2) is 4.39 Å². The second kappa shape index (κ2) is 6.44. The van der Waals surface area contributed by atoms with Crippen molar-refractivity contribution >= 4 is 22.7 Å². The molecule has 6 heteroatoms. The Morgan fingerprint density at radius 3 is 2.92 bits per heavy atom. The molecule has 3 rings (SSSR count). The van der Waals surface area contributed by atoms with Gasteiger partial charge in [-0.15, -0.1) is 6.58 Å². The maximum absolute atomic E-state index is 14.2. The smallest absolute Gasteiger partial charge is 0.308 e. The van der Waals surface area contributed by atoms with Crippen molar-refractivity contribution in [1.29, 1.82) is 0 Å². The Bertz CT molecular complexity index is 870. The zero-order chi connectivity index (χ0) is 18.2. The van der Waals surface area contributed by atoms with Crippen LogP contribution in [0.15, 0.2) is 24.8 Å². The van der Waals surface area contributed by atoms with E-state index < -0.39 is 11.6 Å². The topological polar surface area (TPSA) is 68.4 Å². The van der Waals surface area contributed by atoms with Crippen LogP contribution in [0.4, 0.5) is 4.39 Å². The number of allylic oxidation sites excluding steroid dienone is 1. The quantitative estimate of drug-likeness (QED) is 0.666. The Labute approximate surface area is 144 Å². The molecule has 0 saturated heterocycles. The van der Waals surface area contributed by atoms with Crippen LogP contribution in [0.2, 0.25) is 0 Å². The van der Waals surface area contributed by atoms with Crippen molar-refractivity contribution in [3.63, 3.8) is 0 Å². The standard InChI is InChI=1S/C19H20FNO4/c1-4-6-11-13(20)8-7-12-16-14(22)10-25-19(5-2,9-15(23)24-3)18(16)21-17(11)12/h4,7-8,21H,1,5-6,9-10H2,2-3H3. The zero-order valence-electron chi connectivity index (χ0n) is 14.3. The summed E-state index contributed by atoms with van der Waals surface area (Å²) in [6.45, 7) is 5.41. The first-order chi connectivity index (χ1) is 12.0. The van der Waals surface area contributed by atoms with Crippen LogP contribution in [0, 0.1) is 5.82 Å². The van der Waals surface area contributed by atoms with Crippen LogP contribution < -0.4 is 0 Å². The minimum atomic E-state index is -0.989. The Kier molecular flexibility index (Phi) is 4.47. The van der Waals surface area contributed by atoms with Crippen LogP contribution >= 0.6 is 0 Å². The summed E-state index contributed by atoms with van der Waals surface area (Å²) in [7, 11) is 1.31. The number of halogens is 1. The first-order valence-electron chi connectivity index (χ1n) is 8.15. The van der Waals surface area contributed by atoms with Gasteiger partial charge in [0.25, 0.3) is 0 Å². The summed E-state index contributed by atoms with van der Waals surface area (Å²) < 4.78 is 24.8. The maximum Gasteiger partial charge on any atom is 0.308 e. The minimum absolute atomic E-state index is 0.0215. The fourth-order valence-corrected chi connectivity index (χ4v) is 3.47. The molecule has 0 fully saturated rings. The number of aromatic nitrogens is 1. The monoisotopic (exact) mass is 345 g/mol. The number of nitrogens with one attached hydrogen (secondary N) is 1. The number of H-pyrrole nitrogens is 1. The first-order valence-corrected chi connectivity index (χ1v) is 8.15. The van der Waals surface area contributed by atoms with Gasteiger partial charge in [0.15, 0.2) is 5.78 Å². The van der Waals surface area contributed by atoms with E-state index in [-0.39, 0.29) is 24.6 Å². The molecule has 0 radical (unpaired) electrons. The molecule has 0 bridgehead atoms. The van der Waals surface area contributed by atoms with E-state index in [2.05, 4.69) is 11.6 Å². The number of rotatable bonds is 5. The van der Waals surface area contributed by atoms with Gasteiger partial charge in [-0.05, 0) is 25.0 Å². The van der Waals surface area contributed by atoms with Crippen LogP contribution in [0.3, 0.4) is 0 Å². The predicted octanol–water partition coefficient (Wildman–Crippen LogP) is 3.42. The van der Waals surface area contributed by atoms with Crippen molar-refractivity contribution < 1.29 is 23.5 Å². The van der Waals surface area contributed by atoms with E-state index in [0.29, 0.717) is 40.6 Å². The minimum Gasteiger partial charge on any atom is -0.469 e. The molecule has 1 aromatic heterocycles. The highest BCUT2D eigenvalue weighted by Gasteiger charge is 2.44.